The van der Waals surface area contributed by atoms with E-state index in [0.29, 0.717) is 17.9 Å². The molecule has 0 radical (unpaired) electrons. The number of halogens is 1. The number of nitrogens with one attached hydrogen (secondary N) is 1. The van der Waals surface area contributed by atoms with Crippen LogP contribution < -0.4 is 5.32 Å². The van der Waals surface area contributed by atoms with Crippen molar-refractivity contribution < 1.29 is 4.39 Å². The van der Waals surface area contributed by atoms with Gasteiger partial charge < -0.3 is 5.32 Å². The molecule has 1 fully saturated rings. The van der Waals surface area contributed by atoms with Gasteiger partial charge in [-0.3, -0.25) is 0 Å². The highest BCUT2D eigenvalue weighted by Gasteiger charge is 2.39. The van der Waals surface area contributed by atoms with Crippen LogP contribution in [0.5, 0.6) is 0 Å². The Morgan fingerprint density at radius 2 is 2.19 bits per heavy atom. The molecule has 3 atom stereocenters. The van der Waals surface area contributed by atoms with Gasteiger partial charge in [0, 0.05) is 6.04 Å². The second-order valence-electron chi connectivity index (χ2n) is 4.82. The summed E-state index contributed by atoms with van der Waals surface area (Å²) >= 11 is 0. The second kappa shape index (κ2) is 4.54. The SMILES string of the molecule is CCC1C(NC)CC1c1ccc(C)c(F)c1. The molecular formula is C14H20FN. The highest BCUT2D eigenvalue weighted by atomic mass is 19.1. The first kappa shape index (κ1) is 11.6. The van der Waals surface area contributed by atoms with Crippen LogP contribution in [0.25, 0.3) is 0 Å². The predicted molar refractivity (Wildman–Crippen MR) is 65.1 cm³/mol. The fourth-order valence-electron chi connectivity index (χ4n) is 2.83. The van der Waals surface area contributed by atoms with E-state index in [-0.39, 0.29) is 5.82 Å². The molecule has 0 amide bonds. The zero-order chi connectivity index (χ0) is 11.7. The van der Waals surface area contributed by atoms with E-state index in [2.05, 4.69) is 18.3 Å². The van der Waals surface area contributed by atoms with E-state index in [0.717, 1.165) is 18.4 Å². The summed E-state index contributed by atoms with van der Waals surface area (Å²) in [6, 6.07) is 6.30. The number of aryl methyl sites for hydroxylation is 1. The average molecular weight is 221 g/mol. The first-order valence-electron chi connectivity index (χ1n) is 6.10. The summed E-state index contributed by atoms with van der Waals surface area (Å²) in [6.45, 7) is 4.03. The molecule has 0 saturated heterocycles. The molecule has 1 N–H and O–H groups in total. The van der Waals surface area contributed by atoms with E-state index in [9.17, 15) is 4.39 Å². The summed E-state index contributed by atoms with van der Waals surface area (Å²) < 4.78 is 13.5. The number of rotatable bonds is 3. The summed E-state index contributed by atoms with van der Waals surface area (Å²) in [6.07, 6.45) is 2.29. The minimum Gasteiger partial charge on any atom is -0.317 e. The summed E-state index contributed by atoms with van der Waals surface area (Å²) in [7, 11) is 2.01. The molecule has 1 saturated carbocycles. The van der Waals surface area contributed by atoms with Crippen LogP contribution in [-0.4, -0.2) is 13.1 Å². The Kier molecular flexibility index (Phi) is 3.29. The Hall–Kier alpha value is -0.890. The Balaban J connectivity index is 2.16. The van der Waals surface area contributed by atoms with Crippen molar-refractivity contribution in [3.63, 3.8) is 0 Å². The molecular weight excluding hydrogens is 201 g/mol. The van der Waals surface area contributed by atoms with Crippen LogP contribution in [0.15, 0.2) is 18.2 Å². The van der Waals surface area contributed by atoms with Crippen LogP contribution in [-0.2, 0) is 0 Å². The molecule has 0 spiro atoms. The third kappa shape index (κ3) is 1.86. The van der Waals surface area contributed by atoms with Gasteiger partial charge in [0.05, 0.1) is 0 Å². The van der Waals surface area contributed by atoms with Crippen LogP contribution in [0.1, 0.15) is 36.8 Å². The van der Waals surface area contributed by atoms with Gasteiger partial charge in [-0.25, -0.2) is 4.39 Å². The molecule has 0 aromatic heterocycles. The molecule has 0 aliphatic heterocycles. The van der Waals surface area contributed by atoms with Crippen molar-refractivity contribution in [3.8, 4) is 0 Å². The van der Waals surface area contributed by atoms with E-state index in [1.165, 1.54) is 5.56 Å². The molecule has 2 heteroatoms. The highest BCUT2D eigenvalue weighted by Crippen LogP contribution is 2.44. The van der Waals surface area contributed by atoms with Gasteiger partial charge in [0.15, 0.2) is 0 Å². The predicted octanol–water partition coefficient (Wildman–Crippen LogP) is 3.24. The van der Waals surface area contributed by atoms with E-state index in [1.54, 1.807) is 6.07 Å². The Morgan fingerprint density at radius 1 is 1.44 bits per heavy atom. The van der Waals surface area contributed by atoms with Gasteiger partial charge in [-0.2, -0.15) is 0 Å². The molecule has 1 aromatic carbocycles. The molecule has 2 rings (SSSR count). The summed E-state index contributed by atoms with van der Waals surface area (Å²) in [5.41, 5.74) is 1.91. The minimum atomic E-state index is -0.0692. The molecule has 1 aromatic rings. The number of hydrogen-bond acceptors (Lipinski definition) is 1. The van der Waals surface area contributed by atoms with Crippen LogP contribution in [0.3, 0.4) is 0 Å². The van der Waals surface area contributed by atoms with Crippen molar-refractivity contribution >= 4 is 0 Å². The first-order chi connectivity index (χ1) is 7.67. The Labute approximate surface area is 97.1 Å². The van der Waals surface area contributed by atoms with E-state index in [4.69, 9.17) is 0 Å². The largest absolute Gasteiger partial charge is 0.317 e. The lowest BCUT2D eigenvalue weighted by atomic mass is 9.65. The monoisotopic (exact) mass is 221 g/mol. The summed E-state index contributed by atoms with van der Waals surface area (Å²) in [5, 5.41) is 3.33. The lowest BCUT2D eigenvalue weighted by Gasteiger charge is -2.45. The zero-order valence-corrected chi connectivity index (χ0v) is 10.3. The van der Waals surface area contributed by atoms with Crippen molar-refractivity contribution in [1.29, 1.82) is 0 Å². The topological polar surface area (TPSA) is 12.0 Å². The van der Waals surface area contributed by atoms with Crippen LogP contribution in [0, 0.1) is 18.7 Å². The van der Waals surface area contributed by atoms with E-state index >= 15 is 0 Å². The quantitative estimate of drug-likeness (QED) is 0.826. The van der Waals surface area contributed by atoms with E-state index < -0.39 is 0 Å². The standard InChI is InChI=1S/C14H20FN/c1-4-11-12(8-14(11)16-3)10-6-5-9(2)13(15)7-10/h5-7,11-12,14,16H,4,8H2,1-3H3. The third-order valence-electron chi connectivity index (χ3n) is 4.01. The Bertz CT molecular complexity index is 375. The number of hydrogen-bond donors (Lipinski definition) is 1. The molecule has 3 unspecified atom stereocenters. The lowest BCUT2D eigenvalue weighted by molar-refractivity contribution is 0.169. The van der Waals surface area contributed by atoms with E-state index in [1.807, 2.05) is 20.0 Å². The molecule has 1 nitrogen and oxygen atoms in total. The van der Waals surface area contributed by atoms with Gasteiger partial charge in [-0.15, -0.1) is 0 Å². The van der Waals surface area contributed by atoms with Crippen LogP contribution in [0.4, 0.5) is 4.39 Å². The minimum absolute atomic E-state index is 0.0692. The number of benzene rings is 1. The zero-order valence-electron chi connectivity index (χ0n) is 10.3. The smallest absolute Gasteiger partial charge is 0.126 e. The van der Waals surface area contributed by atoms with Gasteiger partial charge >= 0.3 is 0 Å². The molecule has 0 bridgehead atoms. The van der Waals surface area contributed by atoms with Gasteiger partial charge in [-0.1, -0.05) is 25.5 Å². The van der Waals surface area contributed by atoms with Crippen molar-refractivity contribution in [3.05, 3.63) is 35.1 Å². The fraction of sp³-hybridized carbons (Fsp3) is 0.571. The maximum absolute atomic E-state index is 13.5. The third-order valence-corrected chi connectivity index (χ3v) is 4.01. The maximum atomic E-state index is 13.5. The van der Waals surface area contributed by atoms with Gasteiger partial charge in [-0.05, 0) is 49.4 Å². The van der Waals surface area contributed by atoms with Crippen molar-refractivity contribution in [2.24, 2.45) is 5.92 Å². The fourth-order valence-corrected chi connectivity index (χ4v) is 2.83. The molecule has 88 valence electrons. The van der Waals surface area contributed by atoms with Gasteiger partial charge in [0.2, 0.25) is 0 Å². The summed E-state index contributed by atoms with van der Waals surface area (Å²) in [4.78, 5) is 0. The highest BCUT2D eigenvalue weighted by molar-refractivity contribution is 5.29. The van der Waals surface area contributed by atoms with Crippen molar-refractivity contribution in [2.75, 3.05) is 7.05 Å². The maximum Gasteiger partial charge on any atom is 0.126 e. The van der Waals surface area contributed by atoms with Gasteiger partial charge in [0.25, 0.3) is 0 Å². The second-order valence-corrected chi connectivity index (χ2v) is 4.82. The normalized spacial score (nSPS) is 28.9. The molecule has 1 aliphatic carbocycles. The average Bonchev–Trinajstić information content (AvgIpc) is 2.23. The first-order valence-corrected chi connectivity index (χ1v) is 6.10. The molecule has 0 heterocycles. The Morgan fingerprint density at radius 3 is 2.75 bits per heavy atom. The van der Waals surface area contributed by atoms with Gasteiger partial charge in [0.1, 0.15) is 5.82 Å². The van der Waals surface area contributed by atoms with Crippen molar-refractivity contribution in [2.45, 2.75) is 38.6 Å². The summed E-state index contributed by atoms with van der Waals surface area (Å²) in [5.74, 6) is 1.13. The van der Waals surface area contributed by atoms with Crippen molar-refractivity contribution in [1.82, 2.24) is 5.32 Å². The molecule has 1 aliphatic rings. The van der Waals surface area contributed by atoms with Crippen LogP contribution >= 0.6 is 0 Å². The van der Waals surface area contributed by atoms with Crippen LogP contribution in [0.2, 0.25) is 0 Å². The lowest BCUT2D eigenvalue weighted by Crippen LogP contribution is -2.47. The molecule has 16 heavy (non-hydrogen) atoms.